The van der Waals surface area contributed by atoms with Crippen molar-refractivity contribution < 1.29 is 23.9 Å². The fraction of sp³-hybridized carbons (Fsp3) is 0.265. The summed E-state index contributed by atoms with van der Waals surface area (Å²) in [5.74, 6) is 1.13. The summed E-state index contributed by atoms with van der Waals surface area (Å²) in [6.45, 7) is 5.55. The molecule has 0 bridgehead atoms. The van der Waals surface area contributed by atoms with Crippen LogP contribution in [-0.4, -0.2) is 62.0 Å². The Morgan fingerprint density at radius 3 is 2.36 bits per heavy atom. The number of carbonyl (C=O) groups is 3. The number of allylic oxidation sites excluding steroid dienone is 1. The lowest BCUT2D eigenvalue weighted by Gasteiger charge is -2.19. The highest BCUT2D eigenvalue weighted by molar-refractivity contribution is 6.16. The molecule has 0 saturated carbocycles. The van der Waals surface area contributed by atoms with Gasteiger partial charge in [-0.3, -0.25) is 9.59 Å². The molecule has 1 aliphatic rings. The number of anilines is 3. The Hall–Kier alpha value is -5.09. The summed E-state index contributed by atoms with van der Waals surface area (Å²) in [6.07, 6.45) is 2.19. The van der Waals surface area contributed by atoms with E-state index in [0.717, 1.165) is 40.1 Å². The van der Waals surface area contributed by atoms with Crippen molar-refractivity contribution >= 4 is 51.8 Å². The number of methoxy groups -OCH3 is 1. The SMILES string of the molecule is CCn1c(C)c(/C=C2\Oc3ccc(NC(=O)Nc4ccc(N(C)C(=O)CCN(C)C)cc4)cc3C2=O)c2cc(OC)ccc21. The van der Waals surface area contributed by atoms with Gasteiger partial charge >= 0.3 is 6.03 Å². The van der Waals surface area contributed by atoms with Gasteiger partial charge in [0.2, 0.25) is 11.7 Å². The zero-order valence-corrected chi connectivity index (χ0v) is 25.9. The fourth-order valence-electron chi connectivity index (χ4n) is 5.29. The molecule has 2 N–H and O–H groups in total. The molecule has 0 atom stereocenters. The van der Waals surface area contributed by atoms with Crippen molar-refractivity contribution in [3.63, 3.8) is 0 Å². The molecule has 5 rings (SSSR count). The first kappa shape index (κ1) is 30.4. The summed E-state index contributed by atoms with van der Waals surface area (Å²) in [5, 5.41) is 6.54. The maximum atomic E-state index is 13.4. The Kier molecular flexibility index (Phi) is 8.73. The van der Waals surface area contributed by atoms with Crippen molar-refractivity contribution in [3.8, 4) is 11.5 Å². The molecule has 0 aliphatic carbocycles. The zero-order chi connectivity index (χ0) is 31.5. The molecule has 3 aromatic carbocycles. The number of aryl methyl sites for hydroxylation is 1. The van der Waals surface area contributed by atoms with Crippen LogP contribution in [0.2, 0.25) is 0 Å². The first-order chi connectivity index (χ1) is 21.1. The van der Waals surface area contributed by atoms with Crippen LogP contribution >= 0.6 is 0 Å². The van der Waals surface area contributed by atoms with E-state index in [4.69, 9.17) is 9.47 Å². The number of fused-ring (bicyclic) bond motifs is 2. The highest BCUT2D eigenvalue weighted by Crippen LogP contribution is 2.37. The standard InChI is InChI=1S/C34H37N5O5/c1-7-39-21(2)26(27-19-25(43-6)13-14-29(27)39)20-31-33(41)28-18-23(10-15-30(28)44-31)36-34(42)35-22-8-11-24(12-9-22)38(5)32(40)16-17-37(3)4/h8-15,18-20H,7,16-17H2,1-6H3,(H2,35,36,42)/b31-20-. The lowest BCUT2D eigenvalue weighted by molar-refractivity contribution is -0.118. The molecule has 0 spiro atoms. The Morgan fingerprint density at radius 2 is 1.68 bits per heavy atom. The largest absolute Gasteiger partial charge is 0.497 e. The molecule has 10 heteroatoms. The smallest absolute Gasteiger partial charge is 0.323 e. The number of nitrogens with zero attached hydrogens (tertiary/aromatic N) is 3. The fourth-order valence-corrected chi connectivity index (χ4v) is 5.29. The van der Waals surface area contributed by atoms with Crippen LogP contribution in [0.5, 0.6) is 11.5 Å². The second-order valence-electron chi connectivity index (χ2n) is 10.9. The summed E-state index contributed by atoms with van der Waals surface area (Å²) in [4.78, 5) is 42.1. The van der Waals surface area contributed by atoms with Crippen LogP contribution in [0.25, 0.3) is 17.0 Å². The van der Waals surface area contributed by atoms with Crippen LogP contribution in [0.15, 0.2) is 66.4 Å². The van der Waals surface area contributed by atoms with E-state index in [1.54, 1.807) is 67.6 Å². The van der Waals surface area contributed by atoms with Crippen molar-refractivity contribution in [2.24, 2.45) is 0 Å². The van der Waals surface area contributed by atoms with Crippen LogP contribution in [0, 0.1) is 6.92 Å². The van der Waals surface area contributed by atoms with Gasteiger partial charge in [-0.1, -0.05) is 0 Å². The summed E-state index contributed by atoms with van der Waals surface area (Å²) >= 11 is 0. The van der Waals surface area contributed by atoms with Gasteiger partial charge in [-0.15, -0.1) is 0 Å². The number of benzene rings is 3. The Morgan fingerprint density at radius 1 is 0.977 bits per heavy atom. The number of Topliss-reactive ketones (excluding diaryl/α,β-unsaturated/α-hetero) is 1. The predicted molar refractivity (Wildman–Crippen MR) is 174 cm³/mol. The van der Waals surface area contributed by atoms with Crippen LogP contribution < -0.4 is 25.0 Å². The number of hydrogen-bond donors (Lipinski definition) is 2. The quantitative estimate of drug-likeness (QED) is 0.225. The molecule has 10 nitrogen and oxygen atoms in total. The monoisotopic (exact) mass is 595 g/mol. The van der Waals surface area contributed by atoms with Crippen LogP contribution in [-0.2, 0) is 11.3 Å². The van der Waals surface area contributed by atoms with E-state index >= 15 is 0 Å². The average molecular weight is 596 g/mol. The molecule has 0 fully saturated rings. The molecule has 44 heavy (non-hydrogen) atoms. The van der Waals surface area contributed by atoms with Gasteiger partial charge in [0.15, 0.2) is 5.76 Å². The minimum Gasteiger partial charge on any atom is -0.497 e. The predicted octanol–water partition coefficient (Wildman–Crippen LogP) is 6.15. The molecule has 3 amide bonds. The second-order valence-corrected chi connectivity index (χ2v) is 10.9. The van der Waals surface area contributed by atoms with Gasteiger partial charge < -0.3 is 34.5 Å². The normalized spacial score (nSPS) is 13.2. The number of nitrogens with one attached hydrogen (secondary N) is 2. The van der Waals surface area contributed by atoms with E-state index in [1.165, 1.54) is 0 Å². The second kappa shape index (κ2) is 12.6. The number of aromatic nitrogens is 1. The number of amides is 3. The molecule has 0 saturated heterocycles. The topological polar surface area (TPSA) is 105 Å². The third kappa shape index (κ3) is 6.16. The molecular formula is C34H37N5O5. The van der Waals surface area contributed by atoms with E-state index in [0.29, 0.717) is 35.7 Å². The number of hydrogen-bond acceptors (Lipinski definition) is 6. The van der Waals surface area contributed by atoms with E-state index in [2.05, 4.69) is 22.1 Å². The van der Waals surface area contributed by atoms with Crippen LogP contribution in [0.3, 0.4) is 0 Å². The van der Waals surface area contributed by atoms with E-state index in [-0.39, 0.29) is 17.4 Å². The summed E-state index contributed by atoms with van der Waals surface area (Å²) in [5.41, 5.74) is 5.07. The minimum absolute atomic E-state index is 0.00775. The van der Waals surface area contributed by atoms with Crippen LogP contribution in [0.1, 0.15) is 35.0 Å². The number of rotatable bonds is 9. The zero-order valence-electron chi connectivity index (χ0n) is 25.9. The molecule has 0 unspecified atom stereocenters. The first-order valence-corrected chi connectivity index (χ1v) is 14.4. The molecule has 4 aromatic rings. The molecule has 0 radical (unpaired) electrons. The maximum absolute atomic E-state index is 13.4. The van der Waals surface area contributed by atoms with Gasteiger partial charge in [0.25, 0.3) is 0 Å². The van der Waals surface area contributed by atoms with Gasteiger partial charge in [-0.05, 0) is 94.7 Å². The lowest BCUT2D eigenvalue weighted by atomic mass is 10.1. The highest BCUT2D eigenvalue weighted by atomic mass is 16.5. The van der Waals surface area contributed by atoms with Crippen molar-refractivity contribution in [1.29, 1.82) is 0 Å². The molecule has 228 valence electrons. The van der Waals surface area contributed by atoms with Crippen molar-refractivity contribution in [2.75, 3.05) is 50.3 Å². The number of urea groups is 1. The van der Waals surface area contributed by atoms with Crippen molar-refractivity contribution in [2.45, 2.75) is 26.8 Å². The van der Waals surface area contributed by atoms with Gasteiger partial charge in [-0.25, -0.2) is 4.79 Å². The van der Waals surface area contributed by atoms with Gasteiger partial charge in [0.1, 0.15) is 11.5 Å². The first-order valence-electron chi connectivity index (χ1n) is 14.4. The number of ether oxygens (including phenoxy) is 2. The van der Waals surface area contributed by atoms with Gasteiger partial charge in [0, 0.05) is 65.8 Å². The third-order valence-electron chi connectivity index (χ3n) is 7.76. The van der Waals surface area contributed by atoms with E-state index in [9.17, 15) is 14.4 Å². The van der Waals surface area contributed by atoms with Crippen molar-refractivity contribution in [3.05, 3.63) is 83.2 Å². The van der Waals surface area contributed by atoms with Gasteiger partial charge in [-0.2, -0.15) is 0 Å². The Labute approximate surface area is 256 Å². The molecule has 1 aliphatic heterocycles. The average Bonchev–Trinajstić information content (AvgIpc) is 3.47. The Balaban J connectivity index is 1.27. The maximum Gasteiger partial charge on any atom is 0.323 e. The summed E-state index contributed by atoms with van der Waals surface area (Å²) in [6, 6.07) is 17.4. The van der Waals surface area contributed by atoms with Crippen LogP contribution in [0.4, 0.5) is 21.9 Å². The molecule has 2 heterocycles. The number of carbonyl (C=O) groups excluding carboxylic acids is 3. The summed E-state index contributed by atoms with van der Waals surface area (Å²) in [7, 11) is 7.21. The molecular weight excluding hydrogens is 558 g/mol. The van der Waals surface area contributed by atoms with E-state index in [1.807, 2.05) is 44.1 Å². The molecule has 1 aromatic heterocycles. The van der Waals surface area contributed by atoms with Crippen molar-refractivity contribution in [1.82, 2.24) is 9.47 Å². The minimum atomic E-state index is -0.466. The Bertz CT molecular complexity index is 1770. The summed E-state index contributed by atoms with van der Waals surface area (Å²) < 4.78 is 13.6. The lowest BCUT2D eigenvalue weighted by Crippen LogP contribution is -2.29. The third-order valence-corrected chi connectivity index (χ3v) is 7.76. The highest BCUT2D eigenvalue weighted by Gasteiger charge is 2.29. The van der Waals surface area contributed by atoms with E-state index < -0.39 is 6.03 Å². The number of ketones is 1. The van der Waals surface area contributed by atoms with Gasteiger partial charge in [0.05, 0.1) is 12.7 Å².